The second-order valence-electron chi connectivity index (χ2n) is 7.55. The van der Waals surface area contributed by atoms with Crippen molar-refractivity contribution in [1.29, 1.82) is 0 Å². The highest BCUT2D eigenvalue weighted by atomic mass is 16.5. The molecule has 0 spiro atoms. The highest BCUT2D eigenvalue weighted by Gasteiger charge is 2.35. The third kappa shape index (κ3) is 2.85. The molecule has 3 heterocycles. The van der Waals surface area contributed by atoms with Gasteiger partial charge in [-0.3, -0.25) is 14.9 Å². The monoisotopic (exact) mass is 415 g/mol. The normalized spacial score (nSPS) is 14.2. The topological polar surface area (TPSA) is 85.5 Å². The minimum Gasteiger partial charge on any atom is -0.497 e. The number of ether oxygens (including phenoxy) is 1. The van der Waals surface area contributed by atoms with E-state index in [2.05, 4.69) is 5.32 Å². The molecule has 0 saturated heterocycles. The second-order valence-corrected chi connectivity index (χ2v) is 7.55. The van der Waals surface area contributed by atoms with E-state index in [4.69, 9.17) is 4.74 Å². The molecule has 2 N–H and O–H groups in total. The van der Waals surface area contributed by atoms with Crippen molar-refractivity contribution < 1.29 is 19.4 Å². The first-order valence-electron chi connectivity index (χ1n) is 9.96. The molecule has 2 aromatic carbocycles. The van der Waals surface area contributed by atoms with Crippen molar-refractivity contribution >= 4 is 44.8 Å². The molecule has 1 aliphatic rings. The molecule has 0 radical (unpaired) electrons. The molecular weight excluding hydrogens is 394 g/mol. The zero-order chi connectivity index (χ0) is 21.7. The van der Waals surface area contributed by atoms with Gasteiger partial charge in [0.15, 0.2) is 0 Å². The van der Waals surface area contributed by atoms with Crippen LogP contribution in [-0.2, 0) is 23.2 Å². The Morgan fingerprint density at radius 3 is 2.55 bits per heavy atom. The van der Waals surface area contributed by atoms with Crippen LogP contribution in [0.4, 0.5) is 0 Å². The predicted molar refractivity (Wildman–Crippen MR) is 118 cm³/mol. The van der Waals surface area contributed by atoms with Crippen LogP contribution < -0.4 is 10.1 Å². The predicted octanol–water partition coefficient (Wildman–Crippen LogP) is 2.70. The van der Waals surface area contributed by atoms with E-state index in [0.717, 1.165) is 21.8 Å². The van der Waals surface area contributed by atoms with Crippen LogP contribution >= 0.6 is 0 Å². The fraction of sp³-hybridized carbons (Fsp3) is 0.167. The molecule has 7 nitrogen and oxygen atoms in total. The average Bonchev–Trinajstić information content (AvgIpc) is 3.41. The minimum absolute atomic E-state index is 0.0554. The third-order valence-corrected chi connectivity index (χ3v) is 5.80. The Kier molecular flexibility index (Phi) is 4.41. The largest absolute Gasteiger partial charge is 0.497 e. The lowest BCUT2D eigenvalue weighted by atomic mass is 9.94. The van der Waals surface area contributed by atoms with Crippen molar-refractivity contribution in [3.05, 3.63) is 66.0 Å². The quantitative estimate of drug-likeness (QED) is 0.491. The first-order valence-corrected chi connectivity index (χ1v) is 9.96. The van der Waals surface area contributed by atoms with Crippen LogP contribution in [0.3, 0.4) is 0 Å². The van der Waals surface area contributed by atoms with Crippen LogP contribution in [0.15, 0.2) is 54.9 Å². The summed E-state index contributed by atoms with van der Waals surface area (Å²) < 4.78 is 9.17. The lowest BCUT2D eigenvalue weighted by Crippen LogP contribution is -2.22. The van der Waals surface area contributed by atoms with E-state index in [1.807, 2.05) is 71.0 Å². The second kappa shape index (κ2) is 7.14. The highest BCUT2D eigenvalue weighted by Crippen LogP contribution is 2.39. The molecule has 0 aliphatic carbocycles. The van der Waals surface area contributed by atoms with Crippen molar-refractivity contribution in [2.45, 2.75) is 6.54 Å². The lowest BCUT2D eigenvalue weighted by molar-refractivity contribution is -0.122. The van der Waals surface area contributed by atoms with Crippen LogP contribution in [0.2, 0.25) is 0 Å². The smallest absolute Gasteiger partial charge is 0.259 e. The Labute approximate surface area is 178 Å². The average molecular weight is 415 g/mol. The maximum Gasteiger partial charge on any atom is 0.259 e. The number of amides is 2. The number of aliphatic hydroxyl groups excluding tert-OH is 1. The van der Waals surface area contributed by atoms with Gasteiger partial charge in [0, 0.05) is 54.0 Å². The molecule has 4 aromatic rings. The van der Waals surface area contributed by atoms with Gasteiger partial charge in [0.05, 0.1) is 35.9 Å². The molecular formula is C24H21N3O4. The zero-order valence-corrected chi connectivity index (χ0v) is 17.2. The molecule has 31 heavy (non-hydrogen) atoms. The molecule has 156 valence electrons. The summed E-state index contributed by atoms with van der Waals surface area (Å²) in [7, 11) is 3.51. The Morgan fingerprint density at radius 2 is 1.81 bits per heavy atom. The fourth-order valence-corrected chi connectivity index (χ4v) is 4.42. The van der Waals surface area contributed by atoms with Gasteiger partial charge in [0.25, 0.3) is 11.8 Å². The van der Waals surface area contributed by atoms with Gasteiger partial charge in [0.1, 0.15) is 5.75 Å². The zero-order valence-electron chi connectivity index (χ0n) is 17.2. The number of fused-ring (bicyclic) bond motifs is 2. The summed E-state index contributed by atoms with van der Waals surface area (Å²) >= 11 is 0. The maximum atomic E-state index is 13.0. The van der Waals surface area contributed by atoms with Crippen LogP contribution in [0.5, 0.6) is 5.75 Å². The molecule has 1 aliphatic heterocycles. The van der Waals surface area contributed by atoms with Gasteiger partial charge >= 0.3 is 0 Å². The number of hydrogen-bond donors (Lipinski definition) is 2. The first-order chi connectivity index (χ1) is 15.0. The summed E-state index contributed by atoms with van der Waals surface area (Å²) in [6.07, 6.45) is 3.75. The number of nitrogens with one attached hydrogen (secondary N) is 1. The number of methoxy groups -OCH3 is 1. The number of aromatic nitrogens is 2. The van der Waals surface area contributed by atoms with Crippen molar-refractivity contribution in [1.82, 2.24) is 14.5 Å². The van der Waals surface area contributed by atoms with Crippen LogP contribution in [-0.4, -0.2) is 39.8 Å². The number of hydrogen-bond acceptors (Lipinski definition) is 4. The number of nitrogens with zero attached hydrogens (tertiary/aromatic N) is 2. The standard InChI is InChI=1S/C24H21N3O4/c1-26-9-8-14-4-3-5-17(22(14)26)20-21(24(30)25-23(20)29)18-13-27(10-11-28)19-12-15(31-2)6-7-16(18)19/h3-9,12-13,28H,10-11H2,1-2H3,(H,25,29,30). The minimum atomic E-state index is -0.426. The number of carbonyl (C=O) groups excluding carboxylic acids is 2. The molecule has 5 rings (SSSR count). The number of para-hydroxylation sites is 1. The first kappa shape index (κ1) is 19.1. The van der Waals surface area contributed by atoms with Gasteiger partial charge in [-0.1, -0.05) is 18.2 Å². The van der Waals surface area contributed by atoms with Gasteiger partial charge in [0.2, 0.25) is 0 Å². The lowest BCUT2D eigenvalue weighted by Gasteiger charge is -2.08. The van der Waals surface area contributed by atoms with Gasteiger partial charge < -0.3 is 19.0 Å². The van der Waals surface area contributed by atoms with Gasteiger partial charge in [-0.25, -0.2) is 0 Å². The number of aryl methyl sites for hydroxylation is 1. The summed E-state index contributed by atoms with van der Waals surface area (Å²) in [5, 5.41) is 13.8. The molecule has 7 heteroatoms. The van der Waals surface area contributed by atoms with Gasteiger partial charge in [-0.15, -0.1) is 0 Å². The third-order valence-electron chi connectivity index (χ3n) is 5.80. The van der Waals surface area contributed by atoms with Crippen molar-refractivity contribution in [3.63, 3.8) is 0 Å². The summed E-state index contributed by atoms with van der Waals surface area (Å²) in [5.74, 6) is -0.165. The number of benzene rings is 2. The van der Waals surface area contributed by atoms with E-state index in [-0.39, 0.29) is 6.61 Å². The maximum absolute atomic E-state index is 13.0. The Hall–Kier alpha value is -3.84. The molecule has 0 fully saturated rings. The Bertz CT molecular complexity index is 1410. The summed E-state index contributed by atoms with van der Waals surface area (Å²) in [4.78, 5) is 25.9. The summed E-state index contributed by atoms with van der Waals surface area (Å²) in [5.41, 5.74) is 3.76. The molecule has 0 bridgehead atoms. The molecule has 2 amide bonds. The van der Waals surface area contributed by atoms with Crippen LogP contribution in [0, 0.1) is 0 Å². The van der Waals surface area contributed by atoms with Crippen molar-refractivity contribution in [3.8, 4) is 5.75 Å². The van der Waals surface area contributed by atoms with E-state index in [0.29, 0.717) is 34.6 Å². The number of imide groups is 1. The Morgan fingerprint density at radius 1 is 1.03 bits per heavy atom. The van der Waals surface area contributed by atoms with E-state index >= 15 is 0 Å². The van der Waals surface area contributed by atoms with Gasteiger partial charge in [-0.05, 0) is 18.2 Å². The fourth-order valence-electron chi connectivity index (χ4n) is 4.42. The van der Waals surface area contributed by atoms with Crippen LogP contribution in [0.1, 0.15) is 11.1 Å². The highest BCUT2D eigenvalue weighted by molar-refractivity contribution is 6.50. The number of rotatable bonds is 5. The van der Waals surface area contributed by atoms with E-state index in [1.54, 1.807) is 7.11 Å². The molecule has 0 atom stereocenters. The van der Waals surface area contributed by atoms with Crippen molar-refractivity contribution in [2.24, 2.45) is 7.05 Å². The molecule has 2 aromatic heterocycles. The van der Waals surface area contributed by atoms with Gasteiger partial charge in [-0.2, -0.15) is 0 Å². The molecule has 0 unspecified atom stereocenters. The van der Waals surface area contributed by atoms with E-state index in [9.17, 15) is 14.7 Å². The number of carbonyl (C=O) groups is 2. The molecule has 0 saturated carbocycles. The summed E-state index contributed by atoms with van der Waals surface area (Å²) in [6, 6.07) is 13.3. The van der Waals surface area contributed by atoms with E-state index < -0.39 is 11.8 Å². The van der Waals surface area contributed by atoms with Crippen LogP contribution in [0.25, 0.3) is 33.0 Å². The summed E-state index contributed by atoms with van der Waals surface area (Å²) in [6.45, 7) is 0.301. The SMILES string of the molecule is COc1ccc2c(C3=C(c4cccc5ccn(C)c45)C(=O)NC3=O)cn(CCO)c2c1. The van der Waals surface area contributed by atoms with E-state index in [1.165, 1.54) is 0 Å². The Balaban J connectivity index is 1.84. The van der Waals surface area contributed by atoms with Crippen molar-refractivity contribution in [2.75, 3.05) is 13.7 Å². The number of aliphatic hydroxyl groups is 1.